The number of amides is 4. The van der Waals surface area contributed by atoms with Crippen LogP contribution in [0.25, 0.3) is 6.08 Å². The van der Waals surface area contributed by atoms with Crippen LogP contribution in [-0.2, 0) is 19.1 Å². The van der Waals surface area contributed by atoms with Crippen LogP contribution in [0.3, 0.4) is 0 Å². The number of nitrogens with one attached hydrogen (secondary N) is 1. The molecule has 1 heterocycles. The largest absolute Gasteiger partial charge is 0.490 e. The third-order valence-corrected chi connectivity index (χ3v) is 4.88. The number of hydrogen-bond donors (Lipinski definition) is 1. The Morgan fingerprint density at radius 1 is 1.12 bits per heavy atom. The lowest BCUT2D eigenvalue weighted by Gasteiger charge is -2.26. The van der Waals surface area contributed by atoms with Gasteiger partial charge in [0.25, 0.3) is 11.8 Å². The molecule has 172 valence electrons. The van der Waals surface area contributed by atoms with Gasteiger partial charge in [0.2, 0.25) is 0 Å². The quantitative estimate of drug-likeness (QED) is 0.374. The van der Waals surface area contributed by atoms with Crippen molar-refractivity contribution in [3.8, 4) is 11.5 Å². The van der Waals surface area contributed by atoms with Crippen LogP contribution < -0.4 is 19.7 Å². The molecular formula is C23H21ClN2O7. The molecule has 9 nitrogen and oxygen atoms in total. The molecule has 1 aliphatic rings. The molecule has 0 radical (unpaired) electrons. The Hall–Kier alpha value is -3.85. The molecule has 0 atom stereocenters. The van der Waals surface area contributed by atoms with Crippen LogP contribution in [0.15, 0.2) is 42.0 Å². The zero-order chi connectivity index (χ0) is 24.1. The maximum atomic E-state index is 13.0. The maximum absolute atomic E-state index is 13.0. The summed E-state index contributed by atoms with van der Waals surface area (Å²) in [6, 6.07) is 8.81. The first-order valence-corrected chi connectivity index (χ1v) is 10.3. The van der Waals surface area contributed by atoms with Crippen LogP contribution >= 0.6 is 11.6 Å². The zero-order valence-electron chi connectivity index (χ0n) is 18.1. The number of anilines is 1. The van der Waals surface area contributed by atoms with Gasteiger partial charge in [0.05, 0.1) is 24.4 Å². The predicted molar refractivity (Wildman–Crippen MR) is 120 cm³/mol. The number of carbonyl (C=O) groups is 4. The van der Waals surface area contributed by atoms with E-state index < -0.39 is 23.8 Å². The number of imide groups is 2. The summed E-state index contributed by atoms with van der Waals surface area (Å²) in [5, 5.41) is 2.26. The Bertz CT molecular complexity index is 1140. The van der Waals surface area contributed by atoms with Crippen LogP contribution in [0.1, 0.15) is 18.1 Å². The number of rotatable bonds is 7. The summed E-state index contributed by atoms with van der Waals surface area (Å²) in [5.74, 6) is -1.91. The van der Waals surface area contributed by atoms with E-state index in [0.717, 1.165) is 10.5 Å². The first-order valence-electron chi connectivity index (χ1n) is 9.89. The Labute approximate surface area is 194 Å². The fraction of sp³-hybridized carbons (Fsp3) is 0.217. The molecule has 0 aromatic heterocycles. The number of esters is 1. The second kappa shape index (κ2) is 10.2. The van der Waals surface area contributed by atoms with Gasteiger partial charge in [-0.15, -0.1) is 0 Å². The highest BCUT2D eigenvalue weighted by atomic mass is 35.5. The van der Waals surface area contributed by atoms with Gasteiger partial charge >= 0.3 is 12.0 Å². The molecule has 0 unspecified atom stereocenters. The number of benzene rings is 2. The summed E-state index contributed by atoms with van der Waals surface area (Å²) in [6.45, 7) is 3.49. The predicted octanol–water partition coefficient (Wildman–Crippen LogP) is 3.27. The Balaban J connectivity index is 1.98. The van der Waals surface area contributed by atoms with Crippen LogP contribution in [-0.4, -0.2) is 44.1 Å². The molecule has 0 bridgehead atoms. The summed E-state index contributed by atoms with van der Waals surface area (Å²) in [6.07, 6.45) is 1.30. The molecule has 2 aromatic rings. The number of urea groups is 1. The van der Waals surface area contributed by atoms with Crippen molar-refractivity contribution >= 4 is 47.2 Å². The Kier molecular flexibility index (Phi) is 7.34. The lowest BCUT2D eigenvalue weighted by atomic mass is 10.1. The number of nitrogens with zero attached hydrogens (tertiary/aromatic N) is 1. The minimum atomic E-state index is -0.842. The molecule has 0 saturated carbocycles. The van der Waals surface area contributed by atoms with Crippen molar-refractivity contribution in [3.63, 3.8) is 0 Å². The van der Waals surface area contributed by atoms with Crippen molar-refractivity contribution in [1.29, 1.82) is 0 Å². The minimum absolute atomic E-state index is 0.0897. The second-order valence-electron chi connectivity index (χ2n) is 6.92. The van der Waals surface area contributed by atoms with E-state index in [9.17, 15) is 19.2 Å². The van der Waals surface area contributed by atoms with Crippen LogP contribution in [0.2, 0.25) is 5.02 Å². The summed E-state index contributed by atoms with van der Waals surface area (Å²) < 4.78 is 15.5. The van der Waals surface area contributed by atoms with Crippen molar-refractivity contribution in [2.75, 3.05) is 25.2 Å². The Morgan fingerprint density at radius 3 is 2.45 bits per heavy atom. The van der Waals surface area contributed by atoms with Gasteiger partial charge in [-0.05, 0) is 49.8 Å². The van der Waals surface area contributed by atoms with Crippen LogP contribution in [0.5, 0.6) is 11.5 Å². The average molecular weight is 473 g/mol. The number of aryl methyl sites for hydroxylation is 1. The van der Waals surface area contributed by atoms with Gasteiger partial charge in [-0.25, -0.2) is 14.5 Å². The number of methoxy groups -OCH3 is 1. The van der Waals surface area contributed by atoms with Crippen LogP contribution in [0, 0.1) is 6.92 Å². The average Bonchev–Trinajstić information content (AvgIpc) is 2.77. The van der Waals surface area contributed by atoms with E-state index in [1.165, 1.54) is 25.3 Å². The topological polar surface area (TPSA) is 111 Å². The molecule has 4 amide bonds. The number of ether oxygens (including phenoxy) is 3. The van der Waals surface area contributed by atoms with E-state index in [0.29, 0.717) is 11.3 Å². The number of halogens is 1. The highest BCUT2D eigenvalue weighted by Crippen LogP contribution is 2.37. The zero-order valence-corrected chi connectivity index (χ0v) is 18.9. The van der Waals surface area contributed by atoms with Gasteiger partial charge in [-0.1, -0.05) is 29.3 Å². The van der Waals surface area contributed by atoms with Crippen molar-refractivity contribution in [2.45, 2.75) is 13.8 Å². The first-order chi connectivity index (χ1) is 15.7. The molecule has 3 rings (SSSR count). The smallest absolute Gasteiger partial charge is 0.343 e. The number of carbonyl (C=O) groups excluding carboxylic acids is 4. The molecule has 0 spiro atoms. The third kappa shape index (κ3) is 5.32. The Morgan fingerprint density at radius 2 is 1.82 bits per heavy atom. The van der Waals surface area contributed by atoms with Crippen LogP contribution in [0.4, 0.5) is 10.5 Å². The van der Waals surface area contributed by atoms with E-state index in [1.54, 1.807) is 31.2 Å². The molecule has 1 fully saturated rings. The van der Waals surface area contributed by atoms with Gasteiger partial charge in [-0.2, -0.15) is 0 Å². The molecule has 1 N–H and O–H groups in total. The van der Waals surface area contributed by atoms with Gasteiger partial charge < -0.3 is 14.2 Å². The SMILES string of the molecule is CCOc1cc(/C=C2\C(=O)NC(=O)N(c3ccc(C)cc3)C2=O)cc(Cl)c1OCC(=O)OC. The fourth-order valence-electron chi connectivity index (χ4n) is 3.02. The number of hydrogen-bond acceptors (Lipinski definition) is 7. The lowest BCUT2D eigenvalue weighted by Crippen LogP contribution is -2.54. The minimum Gasteiger partial charge on any atom is -0.490 e. The fourth-order valence-corrected chi connectivity index (χ4v) is 3.29. The highest BCUT2D eigenvalue weighted by molar-refractivity contribution is 6.39. The van der Waals surface area contributed by atoms with E-state index in [4.69, 9.17) is 21.1 Å². The summed E-state index contributed by atoms with van der Waals surface area (Å²) in [7, 11) is 1.23. The summed E-state index contributed by atoms with van der Waals surface area (Å²) in [4.78, 5) is 50.1. The monoisotopic (exact) mass is 472 g/mol. The van der Waals surface area contributed by atoms with Crippen molar-refractivity contribution in [1.82, 2.24) is 5.32 Å². The molecule has 33 heavy (non-hydrogen) atoms. The second-order valence-corrected chi connectivity index (χ2v) is 7.33. The molecule has 1 aliphatic heterocycles. The molecular weight excluding hydrogens is 452 g/mol. The van der Waals surface area contributed by atoms with Crippen molar-refractivity contribution in [2.24, 2.45) is 0 Å². The van der Waals surface area contributed by atoms with Crippen molar-refractivity contribution < 1.29 is 33.4 Å². The molecule has 2 aromatic carbocycles. The van der Waals surface area contributed by atoms with Gasteiger partial charge in [0.15, 0.2) is 18.1 Å². The van der Waals surface area contributed by atoms with Gasteiger partial charge in [0, 0.05) is 0 Å². The molecule has 10 heteroatoms. The van der Waals surface area contributed by atoms with Gasteiger partial charge in [0.1, 0.15) is 5.57 Å². The van der Waals surface area contributed by atoms with E-state index in [2.05, 4.69) is 10.1 Å². The lowest BCUT2D eigenvalue weighted by molar-refractivity contribution is -0.143. The number of barbiturate groups is 1. The normalized spacial score (nSPS) is 14.8. The van der Waals surface area contributed by atoms with Gasteiger partial charge in [-0.3, -0.25) is 14.9 Å². The summed E-state index contributed by atoms with van der Waals surface area (Å²) in [5.41, 5.74) is 1.35. The molecule has 0 aliphatic carbocycles. The van der Waals surface area contributed by atoms with Crippen molar-refractivity contribution in [3.05, 3.63) is 58.1 Å². The first kappa shape index (κ1) is 23.8. The maximum Gasteiger partial charge on any atom is 0.343 e. The van der Waals surface area contributed by atoms with E-state index in [-0.39, 0.29) is 35.3 Å². The summed E-state index contributed by atoms with van der Waals surface area (Å²) >= 11 is 6.31. The highest BCUT2D eigenvalue weighted by Gasteiger charge is 2.36. The standard InChI is InChI=1S/C23H21ClN2O7/c1-4-32-18-11-14(10-17(24)20(18)33-12-19(27)31-3)9-16-21(28)25-23(30)26(22(16)29)15-7-5-13(2)6-8-15/h5-11H,4,12H2,1-3H3,(H,25,28,30)/b16-9+. The molecule has 1 saturated heterocycles. The van der Waals surface area contributed by atoms with E-state index >= 15 is 0 Å². The third-order valence-electron chi connectivity index (χ3n) is 4.60. The van der Waals surface area contributed by atoms with E-state index in [1.807, 2.05) is 6.92 Å².